The van der Waals surface area contributed by atoms with Crippen molar-refractivity contribution in [3.05, 3.63) is 257 Å². The first-order valence-electron chi connectivity index (χ1n) is 46.2. The van der Waals surface area contributed by atoms with Crippen molar-refractivity contribution in [3.8, 4) is 23.4 Å². The summed E-state index contributed by atoms with van der Waals surface area (Å²) in [4.78, 5) is 117. The van der Waals surface area contributed by atoms with Gasteiger partial charge in [0, 0.05) is 144 Å². The molecule has 6 saturated heterocycles. The number of hydrogen-bond donors (Lipinski definition) is 5. The first kappa shape index (κ1) is 110. The molecule has 2 aromatic carbocycles. The van der Waals surface area contributed by atoms with Crippen LogP contribution in [0.3, 0.4) is 0 Å². The van der Waals surface area contributed by atoms with Crippen LogP contribution in [0.2, 0.25) is 5.15 Å². The number of nitro groups is 2. The molecule has 2 atom stereocenters. The monoisotopic (exact) mass is 2090 g/mol. The number of halogens is 4. The summed E-state index contributed by atoms with van der Waals surface area (Å²) in [5.74, 6) is -1.51. The number of carbonyl (C=O) groups is 1. The Morgan fingerprint density at radius 3 is 1.36 bits per heavy atom. The Morgan fingerprint density at radius 1 is 0.527 bits per heavy atom. The minimum Gasteiger partial charge on any atom is -0.399 e. The Morgan fingerprint density at radius 2 is 0.918 bits per heavy atom. The molecule has 7 N–H and O–H groups in total. The van der Waals surface area contributed by atoms with Crippen LogP contribution in [-0.2, 0) is 47.2 Å². The van der Waals surface area contributed by atoms with Crippen LogP contribution >= 0.6 is 27.5 Å². The van der Waals surface area contributed by atoms with Crippen LogP contribution in [-0.4, -0.2) is 282 Å². The molecular formula is C96H108BBrClF2N27O18. The number of nitrogens with two attached hydrogens (primary N) is 2. The van der Waals surface area contributed by atoms with E-state index in [-0.39, 0.29) is 45.0 Å². The van der Waals surface area contributed by atoms with Crippen LogP contribution in [0.1, 0.15) is 116 Å². The number of aliphatic hydroxyl groups excluding tert-OH is 2. The summed E-state index contributed by atoms with van der Waals surface area (Å²) in [7, 11) is -0.833. The summed E-state index contributed by atoms with van der Waals surface area (Å²) in [6.45, 7) is 33.1. The molecule has 45 nitrogen and oxygen atoms in total. The number of hydrogen-bond acceptors (Lipinski definition) is 41. The molecule has 0 radical (unpaired) electrons. The smallest absolute Gasteiger partial charge is 0.399 e. The van der Waals surface area contributed by atoms with Gasteiger partial charge >= 0.3 is 18.5 Å². The number of rotatable bonds is 20. The molecule has 6 aliphatic rings. The Bertz CT molecular complexity index is 6760. The van der Waals surface area contributed by atoms with E-state index in [9.17, 15) is 48.8 Å². The molecule has 19 rings (SSSR count). The Labute approximate surface area is 850 Å². The van der Waals surface area contributed by atoms with Crippen LogP contribution < -0.4 is 47.0 Å². The number of nitrogens with one attached hydrogen (secondary N) is 1. The zero-order valence-electron chi connectivity index (χ0n) is 81.3. The van der Waals surface area contributed by atoms with Crippen molar-refractivity contribution in [3.63, 3.8) is 0 Å². The van der Waals surface area contributed by atoms with Gasteiger partial charge in [0.1, 0.15) is 65.4 Å². The Kier molecular flexibility index (Phi) is 40.4. The number of anilines is 6. The van der Waals surface area contributed by atoms with Gasteiger partial charge in [0.15, 0.2) is 16.4 Å². The van der Waals surface area contributed by atoms with Gasteiger partial charge in [0.05, 0.1) is 198 Å². The van der Waals surface area contributed by atoms with Crippen molar-refractivity contribution >= 4 is 125 Å². The molecule has 13 aromatic rings. The lowest BCUT2D eigenvalue weighted by Crippen LogP contribution is -2.41. The van der Waals surface area contributed by atoms with Crippen molar-refractivity contribution in [2.75, 3.05) is 182 Å². The topological polar surface area (TPSA) is 578 Å². The molecule has 6 aliphatic heterocycles. The molecule has 17 heterocycles. The van der Waals surface area contributed by atoms with Crippen molar-refractivity contribution in [1.82, 2.24) is 79.7 Å². The third-order valence-corrected chi connectivity index (χ3v) is 24.0. The van der Waals surface area contributed by atoms with Gasteiger partial charge in [-0.3, -0.25) is 54.7 Å². The molecule has 2 unspecified atom stereocenters. The van der Waals surface area contributed by atoms with E-state index >= 15 is 0 Å². The second-order valence-electron chi connectivity index (χ2n) is 33.2. The number of aliphatic hydroxyl groups is 2. The molecule has 0 spiro atoms. The number of primary amides is 1. The lowest BCUT2D eigenvalue weighted by atomic mass is 9.77. The molecule has 0 aliphatic carbocycles. The van der Waals surface area contributed by atoms with Crippen LogP contribution in [0.5, 0.6) is 0 Å². The lowest BCUT2D eigenvalue weighted by Gasteiger charge is -2.32. The van der Waals surface area contributed by atoms with E-state index in [1.807, 2.05) is 77.8 Å². The highest BCUT2D eigenvalue weighted by Crippen LogP contribution is 2.39. The number of pyridine rings is 6. The van der Waals surface area contributed by atoms with Gasteiger partial charge < -0.3 is 98.4 Å². The number of aromatic amines is 1. The van der Waals surface area contributed by atoms with E-state index in [4.69, 9.17) is 80.8 Å². The summed E-state index contributed by atoms with van der Waals surface area (Å²) >= 11 is 8.97. The van der Waals surface area contributed by atoms with E-state index in [1.54, 1.807) is 75.2 Å². The number of benzene rings is 2. The quantitative estimate of drug-likeness (QED) is 0.0156. The predicted octanol–water partition coefficient (Wildman–Crippen LogP) is 10.1. The standard InChI is InChI=1S/C23H21FN6O2.C18H22BFN2O3.C11H11ClN4O.C11H12N4O2.C10H10N4O3.C10H14N4O2.C7H16O3.C6H2BrN3O2/c1-14-20(26-5-4-25-14)23(31)15-2-3-18(24)17(10-15)21-22-19(28-13-29-21)11-16(12-27-22)30-6-8-32-9-7-30;1-11-15(22-9-8-21-11)16(23)12-6-7-14(20)13(10-12)19-24-17(2,3)18(4,5)25-19;12-11-10-9(14-7-15-11)5-8(6-13-10)16-1-3-17-4-2-16;16-11-10-9(13-7-14-11)5-8(6-12-10)15-1-3-17-4-2-15;11-6-9-10(14(15)16)5-8(7-12-9)13-1-3-17-4-2-13;11-8-5-7(6-13-9(8)10(12)15)14-1-3-16-4-2-14;1-4-8-7(9-5-2)10-6-3;7-4-1-6(10(11)12)5(2-8)9-3-4/h2-5,10-13,23,31H,6-9H2,1H3;6-10,16,23H,1-5H3;5-7H,1-4H2;5-7H,1-4H2,(H,13,14,16);5,7H,1-4H2;5-6H,1-4,11H2,(H2,12,15);7H,4-6H2,1-3H3;1,3H. The number of nitriles is 2. The van der Waals surface area contributed by atoms with Crippen LogP contribution in [0, 0.1) is 68.4 Å². The van der Waals surface area contributed by atoms with Gasteiger partial charge in [-0.2, -0.15) is 10.5 Å². The molecule has 11 aromatic heterocycles. The van der Waals surface area contributed by atoms with Gasteiger partial charge in [-0.15, -0.1) is 0 Å². The SMILES string of the molecule is CCOC(OCC)OCC.Cc1nccnc1C(O)c1ccc(F)c(-c2ncnc3cc(N4CCOCC4)cnc23)c1.Cc1nccnc1C(O)c1ccc(F)c(B2OC(C)(C)C(C)(C)O2)c1.Clc1ncnc2cc(N3CCOCC3)cnc12.N#Cc1ncc(Br)cc1[N+](=O)[O-].N#Cc1ncc(N2CCOCC2)cc1[N+](=O)[O-].NC(=O)c1ncc(N2CCOCC2)cc1N.O=c1[nH]cnc2cc(N3CCOCC3)cnc12. The number of fused-ring (bicyclic) bond motifs is 3. The van der Waals surface area contributed by atoms with Gasteiger partial charge in [0.25, 0.3) is 17.9 Å². The molecule has 0 bridgehead atoms. The maximum Gasteiger partial charge on any atom is 0.497 e. The highest BCUT2D eigenvalue weighted by atomic mass is 79.9. The van der Waals surface area contributed by atoms with Gasteiger partial charge in [-0.25, -0.2) is 58.6 Å². The van der Waals surface area contributed by atoms with Crippen molar-refractivity contribution in [2.24, 2.45) is 5.73 Å². The van der Waals surface area contributed by atoms with E-state index in [0.29, 0.717) is 161 Å². The summed E-state index contributed by atoms with van der Waals surface area (Å²) in [5.41, 5.74) is 21.1. The molecular weight excluding hydrogens is 1980 g/mol. The van der Waals surface area contributed by atoms with Crippen LogP contribution in [0.4, 0.5) is 54.3 Å². The van der Waals surface area contributed by atoms with Gasteiger partial charge in [-0.1, -0.05) is 29.8 Å². The number of nitrogen functional groups attached to an aromatic ring is 1. The summed E-state index contributed by atoms with van der Waals surface area (Å²) in [5, 5.41) is 60.1. The molecule has 0 saturated carbocycles. The molecule has 146 heavy (non-hydrogen) atoms. The van der Waals surface area contributed by atoms with Gasteiger partial charge in [0.2, 0.25) is 11.4 Å². The molecule has 50 heteroatoms. The maximum atomic E-state index is 14.9. The Hall–Kier alpha value is -14.4. The fourth-order valence-electron chi connectivity index (χ4n) is 15.0. The largest absolute Gasteiger partial charge is 0.497 e. The number of aryl methyl sites for hydroxylation is 2. The van der Waals surface area contributed by atoms with Crippen molar-refractivity contribution < 1.29 is 80.8 Å². The van der Waals surface area contributed by atoms with Crippen molar-refractivity contribution in [2.45, 2.75) is 92.2 Å². The fraction of sp³-hybridized carbons (Fsp3) is 0.385. The maximum absolute atomic E-state index is 14.9. The van der Waals surface area contributed by atoms with Crippen LogP contribution in [0.15, 0.2) is 163 Å². The fourth-order valence-corrected chi connectivity index (χ4v) is 15.5. The number of morpholine rings is 5. The van der Waals surface area contributed by atoms with Gasteiger partial charge in [-0.05, 0) is 132 Å². The number of nitrogens with zero attached hydrogens (tertiary/aromatic N) is 24. The summed E-state index contributed by atoms with van der Waals surface area (Å²) < 4.78 is 83.3. The molecule has 1 amide bonds. The number of carbonyl (C=O) groups excluding carboxylic acids is 1. The van der Waals surface area contributed by atoms with Crippen LogP contribution in [0.25, 0.3) is 44.4 Å². The first-order valence-corrected chi connectivity index (χ1v) is 47.3. The average molecular weight is 2090 g/mol. The van der Waals surface area contributed by atoms with E-state index < -0.39 is 64.4 Å². The zero-order valence-corrected chi connectivity index (χ0v) is 83.7. The second kappa shape index (κ2) is 53.4. The highest BCUT2D eigenvalue weighted by molar-refractivity contribution is 9.10. The third kappa shape index (κ3) is 29.5. The minimum atomic E-state index is -1.04. The van der Waals surface area contributed by atoms with E-state index in [1.165, 1.54) is 80.2 Å². The Balaban J connectivity index is 0.000000152. The van der Waals surface area contributed by atoms with Crippen molar-refractivity contribution in [1.29, 1.82) is 10.5 Å². The summed E-state index contributed by atoms with van der Waals surface area (Å²) in [6.07, 6.45) is 18.1. The number of H-pyrrole nitrogens is 1. The second-order valence-corrected chi connectivity index (χ2v) is 34.5. The van der Waals surface area contributed by atoms with E-state index in [2.05, 4.69) is 115 Å². The third-order valence-electron chi connectivity index (χ3n) is 23.3. The summed E-state index contributed by atoms with van der Waals surface area (Å²) in [6, 6.07) is 22.3. The first-order chi connectivity index (χ1) is 70.3. The number of ether oxygens (including phenoxy) is 8. The normalized spacial score (nSPS) is 15.6. The molecule has 766 valence electrons. The predicted molar refractivity (Wildman–Crippen MR) is 539 cm³/mol. The highest BCUT2D eigenvalue weighted by Gasteiger charge is 2.53. The lowest BCUT2D eigenvalue weighted by molar-refractivity contribution is -0.385. The minimum absolute atomic E-state index is 0.122. The number of amides is 1. The number of aromatic nitrogens is 16. The zero-order chi connectivity index (χ0) is 105. The average Bonchev–Trinajstić information content (AvgIpc) is 1.75. The van der Waals surface area contributed by atoms with E-state index in [0.717, 1.165) is 107 Å². The molecule has 6 fully saturated rings.